The number of carbonyl (C=O) groups excluding carboxylic acids is 1. The van der Waals surface area contributed by atoms with E-state index < -0.39 is 5.97 Å². The second-order valence-electron chi connectivity index (χ2n) is 14.2. The van der Waals surface area contributed by atoms with Crippen LogP contribution < -0.4 is 15.5 Å². The Bertz CT molecular complexity index is 2560. The first kappa shape index (κ1) is 44.2. The molecule has 4 aliphatic rings. The van der Waals surface area contributed by atoms with Crippen molar-refractivity contribution in [1.82, 2.24) is 0 Å². The van der Waals surface area contributed by atoms with Gasteiger partial charge in [-0.1, -0.05) is 124 Å². The van der Waals surface area contributed by atoms with Crippen molar-refractivity contribution in [3.05, 3.63) is 190 Å². The Morgan fingerprint density at radius 1 is 0.567 bits per heavy atom. The van der Waals surface area contributed by atoms with Crippen molar-refractivity contribution in [3.63, 3.8) is 0 Å². The first-order valence-electron chi connectivity index (χ1n) is 18.8. The highest BCUT2D eigenvalue weighted by Gasteiger charge is 2.36. The van der Waals surface area contributed by atoms with Crippen LogP contribution in [0.5, 0.6) is 11.5 Å². The molecular weight excluding hydrogens is 774 g/mol. The number of carboxylic acid groups (broad SMARTS) is 1. The fourth-order valence-corrected chi connectivity index (χ4v) is 8.09. The van der Waals surface area contributed by atoms with E-state index >= 15 is 0 Å². The predicted molar refractivity (Wildman–Crippen MR) is 243 cm³/mol. The van der Waals surface area contributed by atoms with Gasteiger partial charge in [0, 0.05) is 11.4 Å². The van der Waals surface area contributed by atoms with E-state index in [9.17, 15) is 14.7 Å². The lowest BCUT2D eigenvalue weighted by Gasteiger charge is -2.28. The summed E-state index contributed by atoms with van der Waals surface area (Å²) in [5.74, 6) is -0.0126. The molecule has 6 aromatic carbocycles. The third-order valence-electron chi connectivity index (χ3n) is 10.8. The number of phenolic OH excluding ortho intramolecular Hbond substituents is 1. The molecule has 0 spiro atoms. The number of benzene rings is 6. The van der Waals surface area contributed by atoms with Gasteiger partial charge in [0.2, 0.25) is 0 Å². The third kappa shape index (κ3) is 8.74. The van der Waals surface area contributed by atoms with Gasteiger partial charge in [-0.05, 0) is 82.6 Å². The fraction of sp³-hybridized carbons (Fsp3) is 0.184. The van der Waals surface area contributed by atoms with Gasteiger partial charge < -0.3 is 30.9 Å². The number of rotatable bonds is 4. The summed E-state index contributed by atoms with van der Waals surface area (Å²) in [6, 6.07) is 46.8. The van der Waals surface area contributed by atoms with Crippen LogP contribution in [0.4, 0.5) is 11.4 Å². The van der Waals surface area contributed by atoms with Gasteiger partial charge in [-0.2, -0.15) is 0 Å². The number of para-hydroxylation sites is 4. The normalized spacial score (nSPS) is 15.9. The van der Waals surface area contributed by atoms with E-state index in [0.29, 0.717) is 18.1 Å². The number of aliphatic imine (C=N–C) groups is 2. The first-order valence-corrected chi connectivity index (χ1v) is 18.8. The van der Waals surface area contributed by atoms with Crippen LogP contribution in [-0.4, -0.2) is 52.0 Å². The molecule has 0 radical (unpaired) electrons. The van der Waals surface area contributed by atoms with Gasteiger partial charge in [0.05, 0.1) is 37.2 Å². The molecule has 10 nitrogen and oxygen atoms in total. The Morgan fingerprint density at radius 3 is 1.50 bits per heavy atom. The van der Waals surface area contributed by atoms with Crippen molar-refractivity contribution >= 4 is 47.3 Å². The number of amidine groups is 1. The van der Waals surface area contributed by atoms with Crippen molar-refractivity contribution in [3.8, 4) is 11.5 Å². The van der Waals surface area contributed by atoms with Gasteiger partial charge >= 0.3 is 5.97 Å². The molecule has 2 unspecified atom stereocenters. The molecule has 0 saturated heterocycles. The van der Waals surface area contributed by atoms with Crippen LogP contribution in [0.1, 0.15) is 87.5 Å². The number of anilines is 2. The summed E-state index contributed by atoms with van der Waals surface area (Å²) in [5, 5.41) is 27.4. The second-order valence-corrected chi connectivity index (χ2v) is 14.2. The number of hydrogen-bond acceptors (Lipinski definition) is 9. The Balaban J connectivity index is 0.000000185. The minimum atomic E-state index is -1.11. The molecule has 6 aromatic rings. The van der Waals surface area contributed by atoms with E-state index in [-0.39, 0.29) is 68.6 Å². The average Bonchev–Trinajstić information content (AvgIpc) is 3.73. The monoisotopic (exact) mass is 823 g/mol. The number of Topliss-reactive ketones (excluding diaryl/α,β-unsaturated/α-hetero) is 1. The molecule has 0 bridgehead atoms. The van der Waals surface area contributed by atoms with Gasteiger partial charge in [0.15, 0.2) is 11.7 Å². The summed E-state index contributed by atoms with van der Waals surface area (Å²) in [7, 11) is 0. The number of guanidine groups is 1. The molecule has 60 heavy (non-hydrogen) atoms. The highest BCUT2D eigenvalue weighted by atomic mass is 35.5. The van der Waals surface area contributed by atoms with Crippen molar-refractivity contribution in [1.29, 1.82) is 0 Å². The van der Waals surface area contributed by atoms with E-state index in [0.717, 1.165) is 30.9 Å². The molecule has 308 valence electrons. The largest absolute Gasteiger partial charge is 0.507 e. The zero-order chi connectivity index (χ0) is 39.5. The molecule has 11 heteroatoms. The van der Waals surface area contributed by atoms with Gasteiger partial charge in [-0.15, -0.1) is 12.4 Å². The fourth-order valence-electron chi connectivity index (χ4n) is 8.09. The van der Waals surface area contributed by atoms with Crippen LogP contribution in [-0.2, 0) is 12.8 Å². The van der Waals surface area contributed by atoms with Crippen molar-refractivity contribution < 1.29 is 24.9 Å². The molecule has 4 heterocycles. The summed E-state index contributed by atoms with van der Waals surface area (Å²) in [4.78, 5) is 36.7. The van der Waals surface area contributed by atoms with Gasteiger partial charge in [-0.25, -0.2) is 4.79 Å². The van der Waals surface area contributed by atoms with E-state index in [1.54, 1.807) is 36.4 Å². The summed E-state index contributed by atoms with van der Waals surface area (Å²) < 4.78 is 0. The van der Waals surface area contributed by atoms with Gasteiger partial charge in [-0.3, -0.25) is 14.8 Å². The van der Waals surface area contributed by atoms with Crippen molar-refractivity contribution in [2.45, 2.75) is 46.2 Å². The van der Waals surface area contributed by atoms with Crippen LogP contribution in [0.25, 0.3) is 0 Å². The molecule has 10 rings (SSSR count). The first-order chi connectivity index (χ1) is 27.8. The summed E-state index contributed by atoms with van der Waals surface area (Å²) >= 11 is 0. The molecule has 0 aliphatic carbocycles. The summed E-state index contributed by atoms with van der Waals surface area (Å²) in [6.45, 7) is 1.38. The molecule has 5 N–H and O–H groups in total. The molecular formula is C49H50ClN5O5. The van der Waals surface area contributed by atoms with Gasteiger partial charge in [0.25, 0.3) is 0 Å². The number of aromatic hydroxyl groups is 2. The van der Waals surface area contributed by atoms with Crippen LogP contribution in [0.3, 0.4) is 0 Å². The highest BCUT2D eigenvalue weighted by Crippen LogP contribution is 2.42. The van der Waals surface area contributed by atoms with Crippen LogP contribution in [0, 0.1) is 0 Å². The molecule has 0 saturated carbocycles. The SMILES string of the molecule is C.C.Cl.NC1=NCC2c3ccccc3Cc3ccccc3N12.O=C(CC1=NCC2c3ccccc3Cc3ccccc3N12)c1ccccc1O.O=C(O)c1ccccc1O. The van der Waals surface area contributed by atoms with E-state index in [1.807, 2.05) is 6.07 Å². The number of phenols is 2. The number of carbonyl (C=O) groups is 2. The smallest absolute Gasteiger partial charge is 0.339 e. The van der Waals surface area contributed by atoms with E-state index in [4.69, 9.17) is 20.9 Å². The minimum Gasteiger partial charge on any atom is -0.507 e. The standard InChI is InChI=1S/C24H20N2O2.C16H15N3.C7H6O3.2CH4.ClH/c27-22-12-6-4-10-19(22)23(28)14-24-25-15-21-18-9-3-1-7-16(18)13-17-8-2-5-11-20(17)26(21)24;17-16-18-10-15-13-7-3-1-5-11(13)9-12-6-2-4-8-14(12)19(15)16;8-6-4-2-1-3-5(6)7(9)10;;;/h1-12,21,27H,13-15H2;1-8,15H,9-10H2,(H2,17,18);1-4,8H,(H,9,10);2*1H4;1H. The topological polar surface area (TPSA) is 152 Å². The van der Waals surface area contributed by atoms with Gasteiger partial charge in [0.1, 0.15) is 22.9 Å². The number of ketones is 1. The number of carboxylic acids is 1. The van der Waals surface area contributed by atoms with Crippen molar-refractivity contribution in [2.75, 3.05) is 22.9 Å². The zero-order valence-corrected chi connectivity index (χ0v) is 32.3. The number of nitrogens with two attached hydrogens (primary N) is 1. The number of hydrogen-bond donors (Lipinski definition) is 4. The second kappa shape index (κ2) is 19.2. The minimum absolute atomic E-state index is 0. The molecule has 0 aromatic heterocycles. The maximum atomic E-state index is 12.9. The molecule has 0 amide bonds. The number of halogens is 1. The lowest BCUT2D eigenvalue weighted by molar-refractivity contribution is 0.0693. The van der Waals surface area contributed by atoms with Crippen LogP contribution >= 0.6 is 12.4 Å². The quantitative estimate of drug-likeness (QED) is 0.128. The Labute approximate surface area is 357 Å². The molecule has 4 aliphatic heterocycles. The maximum Gasteiger partial charge on any atom is 0.339 e. The number of nitrogens with zero attached hydrogens (tertiary/aromatic N) is 4. The Morgan fingerprint density at radius 2 is 0.983 bits per heavy atom. The lowest BCUT2D eigenvalue weighted by Crippen LogP contribution is -2.36. The maximum absolute atomic E-state index is 12.9. The Hall–Kier alpha value is -6.91. The Kier molecular flexibility index (Phi) is 14.2. The van der Waals surface area contributed by atoms with Crippen LogP contribution in [0.15, 0.2) is 156 Å². The molecule has 2 atom stereocenters. The van der Waals surface area contributed by atoms with E-state index in [2.05, 4.69) is 106 Å². The summed E-state index contributed by atoms with van der Waals surface area (Å²) in [6.07, 6.45) is 2.01. The summed E-state index contributed by atoms with van der Waals surface area (Å²) in [5.41, 5.74) is 16.6. The third-order valence-corrected chi connectivity index (χ3v) is 10.8. The highest BCUT2D eigenvalue weighted by molar-refractivity contribution is 6.16. The van der Waals surface area contributed by atoms with Crippen LogP contribution in [0.2, 0.25) is 0 Å². The molecule has 0 fully saturated rings. The predicted octanol–water partition coefficient (Wildman–Crippen LogP) is 9.78. The zero-order valence-electron chi connectivity index (χ0n) is 31.5. The average molecular weight is 824 g/mol. The lowest BCUT2D eigenvalue weighted by atomic mass is 9.97. The van der Waals surface area contributed by atoms with Crippen molar-refractivity contribution in [2.24, 2.45) is 15.7 Å². The van der Waals surface area contributed by atoms with E-state index in [1.165, 1.54) is 51.2 Å². The number of fused-ring (bicyclic) bond motifs is 10. The number of aromatic carboxylic acids is 1.